The predicted octanol–water partition coefficient (Wildman–Crippen LogP) is 1.62. The van der Waals surface area contributed by atoms with E-state index in [0.29, 0.717) is 5.69 Å². The van der Waals surface area contributed by atoms with Gasteiger partial charge in [-0.25, -0.2) is 0 Å². The van der Waals surface area contributed by atoms with E-state index in [0.717, 1.165) is 18.9 Å². The number of nitrogens with two attached hydrogens (primary N) is 1. The van der Waals surface area contributed by atoms with E-state index in [4.69, 9.17) is 5.73 Å². The molecular weight excluding hydrogens is 176 g/mol. The third-order valence-corrected chi connectivity index (χ3v) is 3.05. The molecule has 0 amide bonds. The van der Waals surface area contributed by atoms with Gasteiger partial charge in [0, 0.05) is 12.7 Å². The monoisotopic (exact) mass is 192 g/mol. The summed E-state index contributed by atoms with van der Waals surface area (Å²) >= 11 is 0. The minimum Gasteiger partial charge on any atom is -0.394 e. The van der Waals surface area contributed by atoms with Crippen LogP contribution in [0.15, 0.2) is 23.1 Å². The number of nitrogen functional groups attached to an aromatic ring is 1. The van der Waals surface area contributed by atoms with Gasteiger partial charge in [-0.3, -0.25) is 4.79 Å². The van der Waals surface area contributed by atoms with Gasteiger partial charge in [-0.2, -0.15) is 0 Å². The maximum atomic E-state index is 11.5. The molecule has 2 rings (SSSR count). The second-order valence-corrected chi connectivity index (χ2v) is 4.05. The molecular formula is C11H16N2O. The summed E-state index contributed by atoms with van der Waals surface area (Å²) in [7, 11) is 0. The molecule has 1 aromatic rings. The number of hydrogen-bond donors (Lipinski definition) is 1. The lowest BCUT2D eigenvalue weighted by Gasteiger charge is -2.25. The van der Waals surface area contributed by atoms with Gasteiger partial charge in [0.05, 0.1) is 5.69 Å². The molecule has 3 nitrogen and oxygen atoms in total. The van der Waals surface area contributed by atoms with Crippen molar-refractivity contribution in [3.63, 3.8) is 0 Å². The van der Waals surface area contributed by atoms with E-state index in [-0.39, 0.29) is 5.56 Å². The van der Waals surface area contributed by atoms with Crippen molar-refractivity contribution in [2.45, 2.75) is 32.2 Å². The number of pyridine rings is 1. The Kier molecular flexibility index (Phi) is 2.57. The van der Waals surface area contributed by atoms with Gasteiger partial charge >= 0.3 is 0 Å². The summed E-state index contributed by atoms with van der Waals surface area (Å²) in [5, 5.41) is 0. The fraction of sp³-hybridized carbons (Fsp3) is 0.545. The summed E-state index contributed by atoms with van der Waals surface area (Å²) in [5.41, 5.74) is 5.84. The van der Waals surface area contributed by atoms with E-state index < -0.39 is 0 Å². The molecule has 0 bridgehead atoms. The van der Waals surface area contributed by atoms with Crippen LogP contribution >= 0.6 is 0 Å². The van der Waals surface area contributed by atoms with Crippen LogP contribution in [-0.4, -0.2) is 4.57 Å². The van der Waals surface area contributed by atoms with Crippen LogP contribution < -0.4 is 11.3 Å². The lowest BCUT2D eigenvalue weighted by atomic mass is 9.83. The van der Waals surface area contributed by atoms with Gasteiger partial charge in [-0.15, -0.1) is 0 Å². The molecule has 14 heavy (non-hydrogen) atoms. The molecule has 1 aromatic heterocycles. The molecule has 0 aromatic carbocycles. The second-order valence-electron chi connectivity index (χ2n) is 4.05. The van der Waals surface area contributed by atoms with Gasteiger partial charge in [0.2, 0.25) is 0 Å². The quantitative estimate of drug-likeness (QED) is 0.791. The zero-order valence-electron chi connectivity index (χ0n) is 8.28. The van der Waals surface area contributed by atoms with E-state index in [1.54, 1.807) is 10.6 Å². The number of anilines is 1. The molecule has 0 saturated heterocycles. The number of nitrogens with zero attached hydrogens (tertiary/aromatic N) is 1. The first-order chi connectivity index (χ1) is 6.77. The van der Waals surface area contributed by atoms with E-state index >= 15 is 0 Å². The smallest absolute Gasteiger partial charge is 0.273 e. The minimum absolute atomic E-state index is 0.0492. The van der Waals surface area contributed by atoms with Crippen LogP contribution in [-0.2, 0) is 6.54 Å². The molecule has 3 heteroatoms. The normalized spacial score (nSPS) is 16.6. The van der Waals surface area contributed by atoms with Crippen molar-refractivity contribution in [1.82, 2.24) is 4.57 Å². The van der Waals surface area contributed by atoms with E-state index in [1.165, 1.54) is 19.3 Å². The summed E-state index contributed by atoms with van der Waals surface area (Å²) in [4.78, 5) is 11.5. The largest absolute Gasteiger partial charge is 0.394 e. The lowest BCUT2D eigenvalue weighted by molar-refractivity contribution is 0.281. The fourth-order valence-electron chi connectivity index (χ4n) is 1.83. The Morgan fingerprint density at radius 3 is 2.93 bits per heavy atom. The SMILES string of the molecule is Nc1cccn(CCC2CCC2)c1=O. The Morgan fingerprint density at radius 2 is 2.29 bits per heavy atom. The topological polar surface area (TPSA) is 48.0 Å². The lowest BCUT2D eigenvalue weighted by Crippen LogP contribution is -2.24. The second kappa shape index (κ2) is 3.86. The Morgan fingerprint density at radius 1 is 1.50 bits per heavy atom. The summed E-state index contributed by atoms with van der Waals surface area (Å²) in [6, 6.07) is 3.49. The highest BCUT2D eigenvalue weighted by atomic mass is 16.1. The molecule has 76 valence electrons. The fourth-order valence-corrected chi connectivity index (χ4v) is 1.83. The number of rotatable bonds is 3. The molecule has 2 N–H and O–H groups in total. The molecule has 1 aliphatic carbocycles. The zero-order chi connectivity index (χ0) is 9.97. The Labute approximate surface area is 83.5 Å². The number of aryl methyl sites for hydroxylation is 1. The Balaban J connectivity index is 2.01. The maximum Gasteiger partial charge on any atom is 0.273 e. The van der Waals surface area contributed by atoms with Crippen LogP contribution in [0.3, 0.4) is 0 Å². The average molecular weight is 192 g/mol. The molecule has 1 fully saturated rings. The summed E-state index contributed by atoms with van der Waals surface area (Å²) < 4.78 is 1.72. The molecule has 0 atom stereocenters. The first-order valence-electron chi connectivity index (χ1n) is 5.22. The average Bonchev–Trinajstić information content (AvgIpc) is 2.09. The van der Waals surface area contributed by atoms with Crippen molar-refractivity contribution in [2.24, 2.45) is 5.92 Å². The molecule has 0 radical (unpaired) electrons. The van der Waals surface area contributed by atoms with Crippen LogP contribution in [0.25, 0.3) is 0 Å². The van der Waals surface area contributed by atoms with Crippen molar-refractivity contribution in [3.05, 3.63) is 28.7 Å². The third kappa shape index (κ3) is 1.81. The highest BCUT2D eigenvalue weighted by Crippen LogP contribution is 2.29. The van der Waals surface area contributed by atoms with Crippen LogP contribution in [0.2, 0.25) is 0 Å². The molecule has 1 saturated carbocycles. The maximum absolute atomic E-state index is 11.5. The third-order valence-electron chi connectivity index (χ3n) is 3.05. The van der Waals surface area contributed by atoms with Gasteiger partial charge in [-0.1, -0.05) is 19.3 Å². The Hall–Kier alpha value is -1.25. The number of hydrogen-bond acceptors (Lipinski definition) is 2. The van der Waals surface area contributed by atoms with E-state index in [2.05, 4.69) is 0 Å². The highest BCUT2D eigenvalue weighted by Gasteiger charge is 2.16. The van der Waals surface area contributed by atoms with Crippen molar-refractivity contribution >= 4 is 5.69 Å². The summed E-state index contributed by atoms with van der Waals surface area (Å²) in [6.07, 6.45) is 6.95. The minimum atomic E-state index is -0.0492. The van der Waals surface area contributed by atoms with Gasteiger partial charge in [0.25, 0.3) is 5.56 Å². The van der Waals surface area contributed by atoms with Crippen molar-refractivity contribution in [1.29, 1.82) is 0 Å². The van der Waals surface area contributed by atoms with Crippen LogP contribution in [0.1, 0.15) is 25.7 Å². The first-order valence-corrected chi connectivity index (χ1v) is 5.22. The van der Waals surface area contributed by atoms with Gasteiger partial charge in [0.1, 0.15) is 0 Å². The first kappa shape index (κ1) is 9.31. The molecule has 1 aliphatic rings. The van der Waals surface area contributed by atoms with Crippen LogP contribution in [0, 0.1) is 5.92 Å². The highest BCUT2D eigenvalue weighted by molar-refractivity contribution is 5.33. The standard InChI is InChI=1S/C11H16N2O/c12-10-5-2-7-13(11(10)14)8-6-9-3-1-4-9/h2,5,7,9H,1,3-4,6,8,12H2. The number of aromatic nitrogens is 1. The van der Waals surface area contributed by atoms with Crippen molar-refractivity contribution in [2.75, 3.05) is 5.73 Å². The van der Waals surface area contributed by atoms with Crippen molar-refractivity contribution < 1.29 is 0 Å². The van der Waals surface area contributed by atoms with E-state index in [1.807, 2.05) is 12.3 Å². The van der Waals surface area contributed by atoms with E-state index in [9.17, 15) is 4.79 Å². The Bertz CT molecular complexity index is 366. The van der Waals surface area contributed by atoms with Gasteiger partial charge in [-0.05, 0) is 24.5 Å². The molecule has 1 heterocycles. The molecule has 0 unspecified atom stereocenters. The van der Waals surface area contributed by atoms with Gasteiger partial charge in [0.15, 0.2) is 0 Å². The summed E-state index contributed by atoms with van der Waals surface area (Å²) in [6.45, 7) is 0.814. The predicted molar refractivity (Wildman–Crippen MR) is 57.1 cm³/mol. The summed E-state index contributed by atoms with van der Waals surface area (Å²) in [5.74, 6) is 0.836. The zero-order valence-corrected chi connectivity index (χ0v) is 8.28. The molecule has 0 aliphatic heterocycles. The van der Waals surface area contributed by atoms with Gasteiger partial charge < -0.3 is 10.3 Å². The van der Waals surface area contributed by atoms with Crippen LogP contribution in [0.4, 0.5) is 5.69 Å². The van der Waals surface area contributed by atoms with Crippen molar-refractivity contribution in [3.8, 4) is 0 Å². The van der Waals surface area contributed by atoms with Crippen LogP contribution in [0.5, 0.6) is 0 Å². The molecule has 0 spiro atoms.